The van der Waals surface area contributed by atoms with Crippen molar-refractivity contribution in [1.82, 2.24) is 4.90 Å². The third kappa shape index (κ3) is 3.67. The van der Waals surface area contributed by atoms with E-state index in [2.05, 4.69) is 24.2 Å². The van der Waals surface area contributed by atoms with Crippen LogP contribution in [0.1, 0.15) is 25.3 Å². The molecule has 0 spiro atoms. The fourth-order valence-electron chi connectivity index (χ4n) is 2.48. The van der Waals surface area contributed by atoms with Crippen LogP contribution in [0.25, 0.3) is 0 Å². The van der Waals surface area contributed by atoms with Gasteiger partial charge < -0.3 is 16.0 Å². The van der Waals surface area contributed by atoms with Crippen LogP contribution in [0.3, 0.4) is 0 Å². The van der Waals surface area contributed by atoms with Crippen LogP contribution in [0, 0.1) is 11.2 Å². The monoisotopic (exact) mass is 295 g/mol. The zero-order valence-electron chi connectivity index (χ0n) is 12.1. The zero-order chi connectivity index (χ0) is 14.8. The van der Waals surface area contributed by atoms with Gasteiger partial charge in [0.1, 0.15) is 10.8 Å². The van der Waals surface area contributed by atoms with Gasteiger partial charge in [-0.1, -0.05) is 19.1 Å². The van der Waals surface area contributed by atoms with E-state index in [0.29, 0.717) is 5.56 Å². The summed E-state index contributed by atoms with van der Waals surface area (Å²) >= 11 is 4.80. The third-order valence-electron chi connectivity index (χ3n) is 4.15. The Morgan fingerprint density at radius 3 is 2.65 bits per heavy atom. The molecular formula is C15H22FN3S. The fourth-order valence-corrected chi connectivity index (χ4v) is 2.64. The molecule has 1 aliphatic rings. The first-order valence-corrected chi connectivity index (χ1v) is 7.32. The number of rotatable bonds is 4. The second kappa shape index (κ2) is 6.06. The molecule has 1 aromatic carbocycles. The van der Waals surface area contributed by atoms with E-state index >= 15 is 0 Å². The van der Waals surface area contributed by atoms with Crippen LogP contribution in [0.4, 0.5) is 10.1 Å². The first-order chi connectivity index (χ1) is 9.39. The van der Waals surface area contributed by atoms with Gasteiger partial charge in [-0.3, -0.25) is 0 Å². The Morgan fingerprint density at radius 1 is 1.45 bits per heavy atom. The number of hydrogen-bond acceptors (Lipinski definition) is 3. The van der Waals surface area contributed by atoms with Crippen LogP contribution < -0.4 is 11.1 Å². The topological polar surface area (TPSA) is 41.3 Å². The maximum absolute atomic E-state index is 13.8. The van der Waals surface area contributed by atoms with Crippen molar-refractivity contribution in [2.75, 3.05) is 32.0 Å². The molecule has 0 radical (unpaired) electrons. The minimum Gasteiger partial charge on any atom is -0.389 e. The number of nitrogens with one attached hydrogen (secondary N) is 1. The number of nitrogens with two attached hydrogens (primary N) is 1. The van der Waals surface area contributed by atoms with Crippen molar-refractivity contribution in [1.29, 1.82) is 0 Å². The summed E-state index contributed by atoms with van der Waals surface area (Å²) in [7, 11) is 2.15. The average Bonchev–Trinajstić information content (AvgIpc) is 2.40. The number of anilines is 1. The molecule has 1 fully saturated rings. The summed E-state index contributed by atoms with van der Waals surface area (Å²) in [5.74, 6) is -0.365. The van der Waals surface area contributed by atoms with Crippen LogP contribution in [-0.2, 0) is 0 Å². The number of nitrogens with zero attached hydrogens (tertiary/aromatic N) is 1. The number of hydrogen-bond donors (Lipinski definition) is 2. The van der Waals surface area contributed by atoms with Crippen LogP contribution in [0.2, 0.25) is 0 Å². The standard InChI is InChI=1S/C15H22FN3S/c1-15(5-7-19(2)8-6-15)10-18-11-3-4-12(14(17)20)13(16)9-11/h3-4,9,18H,5-8,10H2,1-2H3,(H2,17,20). The molecule has 5 heteroatoms. The van der Waals surface area contributed by atoms with Crippen molar-refractivity contribution in [3.63, 3.8) is 0 Å². The number of piperidine rings is 1. The predicted octanol–water partition coefficient (Wildman–Crippen LogP) is 2.60. The number of thiocarbonyl (C=S) groups is 1. The van der Waals surface area contributed by atoms with Crippen molar-refractivity contribution in [2.45, 2.75) is 19.8 Å². The number of likely N-dealkylation sites (tertiary alicyclic amines) is 1. The van der Waals surface area contributed by atoms with E-state index in [-0.39, 0.29) is 16.2 Å². The molecule has 0 amide bonds. The Bertz CT molecular complexity index is 496. The Kier molecular flexibility index (Phi) is 4.60. The van der Waals surface area contributed by atoms with Gasteiger partial charge in [0, 0.05) is 17.8 Å². The summed E-state index contributed by atoms with van der Waals surface area (Å²) in [5, 5.41) is 3.33. The van der Waals surface area contributed by atoms with E-state index < -0.39 is 0 Å². The van der Waals surface area contributed by atoms with Gasteiger partial charge in [0.25, 0.3) is 0 Å². The van der Waals surface area contributed by atoms with Crippen LogP contribution in [0.5, 0.6) is 0 Å². The molecular weight excluding hydrogens is 273 g/mol. The molecule has 1 aromatic rings. The minimum atomic E-state index is -0.365. The highest BCUT2D eigenvalue weighted by Crippen LogP contribution is 2.30. The molecule has 0 unspecified atom stereocenters. The molecule has 1 heterocycles. The van der Waals surface area contributed by atoms with E-state index in [0.717, 1.165) is 38.2 Å². The van der Waals surface area contributed by atoms with E-state index in [4.69, 9.17) is 18.0 Å². The molecule has 0 bridgehead atoms. The molecule has 0 aliphatic carbocycles. The normalized spacial score (nSPS) is 18.8. The fraction of sp³-hybridized carbons (Fsp3) is 0.533. The predicted molar refractivity (Wildman–Crippen MR) is 85.6 cm³/mol. The summed E-state index contributed by atoms with van der Waals surface area (Å²) in [5.41, 5.74) is 6.81. The first kappa shape index (κ1) is 15.2. The largest absolute Gasteiger partial charge is 0.389 e. The lowest BCUT2D eigenvalue weighted by Crippen LogP contribution is -2.40. The van der Waals surface area contributed by atoms with Gasteiger partial charge >= 0.3 is 0 Å². The third-order valence-corrected chi connectivity index (χ3v) is 4.37. The van der Waals surface area contributed by atoms with Gasteiger partial charge in [0.15, 0.2) is 0 Å². The summed E-state index contributed by atoms with van der Waals surface area (Å²) in [4.78, 5) is 2.44. The minimum absolute atomic E-state index is 0.0938. The summed E-state index contributed by atoms with van der Waals surface area (Å²) in [6.07, 6.45) is 2.31. The van der Waals surface area contributed by atoms with E-state index in [1.807, 2.05) is 6.07 Å². The molecule has 0 aromatic heterocycles. The Hall–Kier alpha value is -1.20. The SMILES string of the molecule is CN1CCC(C)(CNc2ccc(C(N)=S)c(F)c2)CC1. The highest BCUT2D eigenvalue weighted by Gasteiger charge is 2.28. The maximum Gasteiger partial charge on any atom is 0.135 e. The number of benzene rings is 1. The van der Waals surface area contributed by atoms with E-state index in [9.17, 15) is 4.39 Å². The summed E-state index contributed by atoms with van der Waals surface area (Å²) < 4.78 is 13.8. The van der Waals surface area contributed by atoms with Gasteiger partial charge in [0.05, 0.1) is 0 Å². The molecule has 0 saturated carbocycles. The Morgan fingerprint density at radius 2 is 2.10 bits per heavy atom. The Balaban J connectivity index is 1.97. The molecule has 110 valence electrons. The lowest BCUT2D eigenvalue weighted by molar-refractivity contribution is 0.150. The van der Waals surface area contributed by atoms with Crippen LogP contribution in [0.15, 0.2) is 18.2 Å². The van der Waals surface area contributed by atoms with Gasteiger partial charge in [-0.05, 0) is 56.6 Å². The molecule has 2 rings (SSSR count). The molecule has 0 atom stereocenters. The van der Waals surface area contributed by atoms with Gasteiger partial charge in [-0.2, -0.15) is 0 Å². The van der Waals surface area contributed by atoms with Crippen LogP contribution in [-0.4, -0.2) is 36.6 Å². The van der Waals surface area contributed by atoms with Crippen molar-refractivity contribution in [3.8, 4) is 0 Å². The molecule has 3 nitrogen and oxygen atoms in total. The second-order valence-electron chi connectivity index (χ2n) is 6.03. The Labute approximate surface area is 125 Å². The lowest BCUT2D eigenvalue weighted by atomic mass is 9.80. The highest BCUT2D eigenvalue weighted by atomic mass is 32.1. The maximum atomic E-state index is 13.8. The first-order valence-electron chi connectivity index (χ1n) is 6.91. The molecule has 1 aliphatic heterocycles. The van der Waals surface area contributed by atoms with E-state index in [1.54, 1.807) is 6.07 Å². The van der Waals surface area contributed by atoms with Crippen molar-refractivity contribution >= 4 is 22.9 Å². The van der Waals surface area contributed by atoms with Crippen molar-refractivity contribution < 1.29 is 4.39 Å². The summed E-state index contributed by atoms with van der Waals surface area (Å²) in [6, 6.07) is 4.93. The second-order valence-corrected chi connectivity index (χ2v) is 6.47. The number of halogens is 1. The van der Waals surface area contributed by atoms with Crippen molar-refractivity contribution in [3.05, 3.63) is 29.6 Å². The smallest absolute Gasteiger partial charge is 0.135 e. The van der Waals surface area contributed by atoms with Crippen molar-refractivity contribution in [2.24, 2.45) is 11.1 Å². The molecule has 1 saturated heterocycles. The average molecular weight is 295 g/mol. The van der Waals surface area contributed by atoms with Gasteiger partial charge in [-0.25, -0.2) is 4.39 Å². The van der Waals surface area contributed by atoms with Gasteiger partial charge in [-0.15, -0.1) is 0 Å². The quantitative estimate of drug-likeness (QED) is 0.838. The van der Waals surface area contributed by atoms with Crippen LogP contribution >= 0.6 is 12.2 Å². The lowest BCUT2D eigenvalue weighted by Gasteiger charge is -2.38. The highest BCUT2D eigenvalue weighted by molar-refractivity contribution is 7.80. The molecule has 3 N–H and O–H groups in total. The zero-order valence-corrected chi connectivity index (χ0v) is 12.9. The van der Waals surface area contributed by atoms with Gasteiger partial charge in [0.2, 0.25) is 0 Å². The summed E-state index contributed by atoms with van der Waals surface area (Å²) in [6.45, 7) is 5.37. The molecule has 20 heavy (non-hydrogen) atoms. The van der Waals surface area contributed by atoms with E-state index in [1.165, 1.54) is 6.07 Å².